The van der Waals surface area contributed by atoms with Crippen molar-refractivity contribution in [3.63, 3.8) is 0 Å². The summed E-state index contributed by atoms with van der Waals surface area (Å²) in [4.78, 5) is 17.6. The van der Waals surface area contributed by atoms with Crippen molar-refractivity contribution in [2.45, 2.75) is 52.0 Å². The first-order valence-corrected chi connectivity index (χ1v) is 10.2. The van der Waals surface area contributed by atoms with Gasteiger partial charge in [-0.15, -0.1) is 0 Å². The zero-order valence-electron chi connectivity index (χ0n) is 16.4. The van der Waals surface area contributed by atoms with E-state index >= 15 is 0 Å². The van der Waals surface area contributed by atoms with Gasteiger partial charge in [0.25, 0.3) is 0 Å². The topological polar surface area (TPSA) is 59.0 Å². The van der Waals surface area contributed by atoms with Crippen molar-refractivity contribution in [1.82, 2.24) is 14.9 Å². The van der Waals surface area contributed by atoms with Gasteiger partial charge in [-0.1, -0.05) is 38.8 Å². The average Bonchev–Trinajstić information content (AvgIpc) is 3.29. The number of fused-ring (bicyclic) bond motifs is 1. The van der Waals surface area contributed by atoms with Crippen LogP contribution in [-0.2, 0) is 11.3 Å². The van der Waals surface area contributed by atoms with E-state index in [1.54, 1.807) is 0 Å². The molecule has 4 rings (SSSR count). The Balaban J connectivity index is 1.49. The lowest BCUT2D eigenvalue weighted by Crippen LogP contribution is -2.44. The van der Waals surface area contributed by atoms with Gasteiger partial charge in [-0.05, 0) is 43.0 Å². The molecule has 2 heterocycles. The summed E-state index contributed by atoms with van der Waals surface area (Å²) in [5.74, 6) is 2.15. The number of carbonyl (C=O) groups excluding carboxylic acids is 1. The second-order valence-electron chi connectivity index (χ2n) is 8.45. The van der Waals surface area contributed by atoms with Crippen LogP contribution in [0.5, 0.6) is 0 Å². The molecule has 0 bridgehead atoms. The molecule has 5 heteroatoms. The lowest BCUT2D eigenvalue weighted by molar-refractivity contribution is -0.128. The zero-order valence-corrected chi connectivity index (χ0v) is 16.4. The highest BCUT2D eigenvalue weighted by Crippen LogP contribution is 2.44. The summed E-state index contributed by atoms with van der Waals surface area (Å²) in [7, 11) is 0. The minimum atomic E-state index is -0.219. The van der Waals surface area contributed by atoms with Gasteiger partial charge in [-0.2, -0.15) is 0 Å². The average molecular weight is 367 g/mol. The molecule has 0 spiro atoms. The second kappa shape index (κ2) is 7.47. The molecule has 2 N–H and O–H groups in total. The van der Waals surface area contributed by atoms with Crippen molar-refractivity contribution in [3.05, 3.63) is 48.0 Å². The number of nitrogens with one attached hydrogen (secondary N) is 2. The molecule has 1 saturated heterocycles. The molecular formula is C22H30N4O. The third-order valence-electron chi connectivity index (χ3n) is 6.29. The summed E-state index contributed by atoms with van der Waals surface area (Å²) >= 11 is 0. The van der Waals surface area contributed by atoms with Crippen molar-refractivity contribution in [1.29, 1.82) is 0 Å². The lowest BCUT2D eigenvalue weighted by atomic mass is 9.67. The molecule has 2 fully saturated rings. The van der Waals surface area contributed by atoms with Crippen LogP contribution in [0, 0.1) is 11.3 Å². The molecule has 0 unspecified atom stereocenters. The van der Waals surface area contributed by atoms with Crippen LogP contribution < -0.4 is 10.6 Å². The minimum Gasteiger partial charge on any atom is -0.330 e. The first-order chi connectivity index (χ1) is 13.1. The van der Waals surface area contributed by atoms with Crippen molar-refractivity contribution >= 4 is 11.6 Å². The molecule has 1 aromatic carbocycles. The number of anilines is 1. The number of carbonyl (C=O) groups is 1. The number of hydrogen-bond donors (Lipinski definition) is 2. The third kappa shape index (κ3) is 3.53. The Morgan fingerprint density at radius 1 is 1.41 bits per heavy atom. The van der Waals surface area contributed by atoms with E-state index < -0.39 is 0 Å². The molecule has 2 aliphatic rings. The Kier molecular flexibility index (Phi) is 5.04. The van der Waals surface area contributed by atoms with E-state index in [-0.39, 0.29) is 11.3 Å². The molecule has 5 nitrogen and oxygen atoms in total. The van der Waals surface area contributed by atoms with Crippen LogP contribution in [0.4, 0.5) is 5.69 Å². The van der Waals surface area contributed by atoms with Crippen LogP contribution in [0.15, 0.2) is 36.7 Å². The Morgan fingerprint density at radius 2 is 2.30 bits per heavy atom. The summed E-state index contributed by atoms with van der Waals surface area (Å²) in [6, 6.07) is 8.23. The number of hydrogen-bond acceptors (Lipinski definition) is 3. The SMILES string of the molecule is CC(C)c1nccn1Cc1cccc(NC(=O)[C@@]23CCCC[C@H]2CNC3)c1. The third-order valence-corrected chi connectivity index (χ3v) is 6.29. The highest BCUT2D eigenvalue weighted by Gasteiger charge is 2.49. The fraction of sp³-hybridized carbons (Fsp3) is 0.545. The van der Waals surface area contributed by atoms with Crippen LogP contribution in [0.3, 0.4) is 0 Å². The maximum absolute atomic E-state index is 13.2. The molecule has 144 valence electrons. The number of amides is 1. The van der Waals surface area contributed by atoms with Gasteiger partial charge in [0, 0.05) is 37.1 Å². The van der Waals surface area contributed by atoms with E-state index in [4.69, 9.17) is 0 Å². The van der Waals surface area contributed by atoms with Gasteiger partial charge in [-0.25, -0.2) is 4.98 Å². The number of benzene rings is 1. The summed E-state index contributed by atoms with van der Waals surface area (Å²) in [6.45, 7) is 6.88. The molecule has 2 atom stereocenters. The molecular weight excluding hydrogens is 336 g/mol. The summed E-state index contributed by atoms with van der Waals surface area (Å²) in [6.07, 6.45) is 8.46. The quantitative estimate of drug-likeness (QED) is 0.847. The number of rotatable bonds is 5. The van der Waals surface area contributed by atoms with Crippen LogP contribution in [0.25, 0.3) is 0 Å². The fourth-order valence-corrected chi connectivity index (χ4v) is 4.85. The Labute approximate surface area is 161 Å². The normalized spacial score (nSPS) is 24.8. The largest absolute Gasteiger partial charge is 0.330 e. The fourth-order valence-electron chi connectivity index (χ4n) is 4.85. The van der Waals surface area contributed by atoms with Gasteiger partial charge in [0.15, 0.2) is 0 Å². The molecule has 27 heavy (non-hydrogen) atoms. The second-order valence-corrected chi connectivity index (χ2v) is 8.45. The van der Waals surface area contributed by atoms with Crippen LogP contribution in [0.2, 0.25) is 0 Å². The summed E-state index contributed by atoms with van der Waals surface area (Å²) in [5.41, 5.74) is 1.85. The van der Waals surface area contributed by atoms with E-state index in [0.29, 0.717) is 11.8 Å². The molecule has 1 aliphatic heterocycles. The molecule has 0 radical (unpaired) electrons. The predicted octanol–water partition coefficient (Wildman–Crippen LogP) is 3.77. The summed E-state index contributed by atoms with van der Waals surface area (Å²) < 4.78 is 2.18. The number of imidazole rings is 1. The molecule has 2 aromatic rings. The number of aromatic nitrogens is 2. The maximum atomic E-state index is 13.2. The van der Waals surface area contributed by atoms with Crippen LogP contribution in [0.1, 0.15) is 56.8 Å². The zero-order chi connectivity index (χ0) is 18.9. The predicted molar refractivity (Wildman–Crippen MR) is 108 cm³/mol. The smallest absolute Gasteiger partial charge is 0.232 e. The first kappa shape index (κ1) is 18.2. The first-order valence-electron chi connectivity index (χ1n) is 10.2. The lowest BCUT2D eigenvalue weighted by Gasteiger charge is -2.37. The Morgan fingerprint density at radius 3 is 3.15 bits per heavy atom. The molecule has 1 saturated carbocycles. The standard InChI is InChI=1S/C22H30N4O/c1-16(2)20-24-10-11-26(20)14-17-6-5-8-19(12-17)25-21(27)22-9-4-3-7-18(22)13-23-15-22/h5-6,8,10-12,16,18,23H,3-4,7,9,13-15H2,1-2H3,(H,25,27)/t18-,22+/m0/s1. The van der Waals surface area contributed by atoms with Gasteiger partial charge in [0.2, 0.25) is 5.91 Å². The van der Waals surface area contributed by atoms with Gasteiger partial charge in [0.1, 0.15) is 5.82 Å². The summed E-state index contributed by atoms with van der Waals surface area (Å²) in [5, 5.41) is 6.69. The van der Waals surface area contributed by atoms with Gasteiger partial charge in [-0.3, -0.25) is 4.79 Å². The minimum absolute atomic E-state index is 0.194. The Hall–Kier alpha value is -2.14. The molecule has 1 amide bonds. The van der Waals surface area contributed by atoms with Crippen molar-refractivity contribution in [3.8, 4) is 0 Å². The van der Waals surface area contributed by atoms with E-state index in [0.717, 1.165) is 44.0 Å². The van der Waals surface area contributed by atoms with E-state index in [1.165, 1.54) is 18.4 Å². The van der Waals surface area contributed by atoms with Gasteiger partial charge in [0.05, 0.1) is 5.41 Å². The van der Waals surface area contributed by atoms with E-state index in [9.17, 15) is 4.79 Å². The molecule has 1 aliphatic carbocycles. The van der Waals surface area contributed by atoms with E-state index in [1.807, 2.05) is 24.5 Å². The monoisotopic (exact) mass is 366 g/mol. The van der Waals surface area contributed by atoms with Gasteiger partial charge >= 0.3 is 0 Å². The number of nitrogens with zero attached hydrogens (tertiary/aromatic N) is 2. The highest BCUT2D eigenvalue weighted by molar-refractivity contribution is 5.96. The van der Waals surface area contributed by atoms with Crippen LogP contribution >= 0.6 is 0 Å². The van der Waals surface area contributed by atoms with Crippen molar-refractivity contribution in [2.75, 3.05) is 18.4 Å². The van der Waals surface area contributed by atoms with E-state index in [2.05, 4.69) is 46.2 Å². The van der Waals surface area contributed by atoms with Crippen molar-refractivity contribution < 1.29 is 4.79 Å². The van der Waals surface area contributed by atoms with Gasteiger partial charge < -0.3 is 15.2 Å². The highest BCUT2D eigenvalue weighted by atomic mass is 16.2. The van der Waals surface area contributed by atoms with Crippen molar-refractivity contribution in [2.24, 2.45) is 11.3 Å². The van der Waals surface area contributed by atoms with Crippen LogP contribution in [-0.4, -0.2) is 28.5 Å². The maximum Gasteiger partial charge on any atom is 0.232 e. The Bertz CT molecular complexity index is 812. The molecule has 1 aromatic heterocycles.